The lowest BCUT2D eigenvalue weighted by molar-refractivity contribution is 0.243. The van der Waals surface area contributed by atoms with Crippen LogP contribution < -0.4 is 4.74 Å². The van der Waals surface area contributed by atoms with Gasteiger partial charge in [0, 0.05) is 16.7 Å². The van der Waals surface area contributed by atoms with E-state index in [2.05, 4.69) is 74.5 Å². The fourth-order valence-electron chi connectivity index (χ4n) is 4.75. The van der Waals surface area contributed by atoms with Crippen LogP contribution in [0.5, 0.6) is 11.5 Å². The predicted octanol–water partition coefficient (Wildman–Crippen LogP) is 7.89. The number of aromatic hydroxyl groups is 1. The van der Waals surface area contributed by atoms with Crippen LogP contribution in [-0.2, 0) is 0 Å². The molecule has 1 atom stereocenters. The van der Waals surface area contributed by atoms with Crippen LogP contribution in [0.2, 0.25) is 0 Å². The van der Waals surface area contributed by atoms with Gasteiger partial charge in [0.1, 0.15) is 11.5 Å². The van der Waals surface area contributed by atoms with Gasteiger partial charge < -0.3 is 9.84 Å². The maximum absolute atomic E-state index is 10.7. The predicted molar refractivity (Wildman–Crippen MR) is 141 cm³/mol. The molecule has 6 rings (SSSR count). The molecule has 0 saturated heterocycles. The van der Waals surface area contributed by atoms with Crippen molar-refractivity contribution in [1.82, 2.24) is 4.98 Å². The molecule has 1 aliphatic rings. The van der Waals surface area contributed by atoms with Crippen molar-refractivity contribution < 1.29 is 9.84 Å². The van der Waals surface area contributed by atoms with Crippen LogP contribution in [0.25, 0.3) is 33.6 Å². The summed E-state index contributed by atoms with van der Waals surface area (Å²) in [6, 6.07) is 34.5. The van der Waals surface area contributed by atoms with Gasteiger partial charge in [-0.25, -0.2) is 4.98 Å². The smallest absolute Gasteiger partial charge is 0.152 e. The van der Waals surface area contributed by atoms with Crippen molar-refractivity contribution in [2.75, 3.05) is 0 Å². The molecule has 1 unspecified atom stereocenters. The summed E-state index contributed by atoms with van der Waals surface area (Å²) in [7, 11) is 0. The van der Waals surface area contributed by atoms with E-state index in [1.165, 1.54) is 11.1 Å². The molecular formula is C32H25NO2. The monoisotopic (exact) mass is 455 g/mol. The summed E-state index contributed by atoms with van der Waals surface area (Å²) in [6.45, 7) is 4.18. The van der Waals surface area contributed by atoms with Crippen molar-refractivity contribution >= 4 is 0 Å². The minimum absolute atomic E-state index is 0.213. The summed E-state index contributed by atoms with van der Waals surface area (Å²) < 4.78 is 6.65. The highest BCUT2D eigenvalue weighted by molar-refractivity contribution is 5.86. The number of aromatic nitrogens is 1. The maximum Gasteiger partial charge on any atom is 0.152 e. The quantitative estimate of drug-likeness (QED) is 0.301. The topological polar surface area (TPSA) is 42.4 Å². The van der Waals surface area contributed by atoms with Crippen molar-refractivity contribution in [3.8, 4) is 45.1 Å². The van der Waals surface area contributed by atoms with Crippen LogP contribution in [0.15, 0.2) is 103 Å². The first-order valence-corrected chi connectivity index (χ1v) is 11.8. The Morgan fingerprint density at radius 3 is 2.03 bits per heavy atom. The largest absolute Gasteiger partial charge is 0.507 e. The van der Waals surface area contributed by atoms with Gasteiger partial charge in [-0.2, -0.15) is 0 Å². The van der Waals surface area contributed by atoms with Crippen molar-refractivity contribution in [2.24, 2.45) is 0 Å². The van der Waals surface area contributed by atoms with Crippen LogP contribution in [0.4, 0.5) is 0 Å². The van der Waals surface area contributed by atoms with Crippen molar-refractivity contribution in [3.05, 3.63) is 125 Å². The highest BCUT2D eigenvalue weighted by Gasteiger charge is 2.32. The molecule has 0 radical (unpaired) electrons. The molecule has 0 aliphatic carbocycles. The van der Waals surface area contributed by atoms with Gasteiger partial charge in [-0.15, -0.1) is 0 Å². The molecule has 0 amide bonds. The second kappa shape index (κ2) is 8.44. The van der Waals surface area contributed by atoms with Gasteiger partial charge >= 0.3 is 0 Å². The summed E-state index contributed by atoms with van der Waals surface area (Å²) in [4.78, 5) is 5.14. The van der Waals surface area contributed by atoms with Crippen LogP contribution in [-0.4, -0.2) is 10.1 Å². The zero-order valence-electron chi connectivity index (χ0n) is 19.7. The highest BCUT2D eigenvalue weighted by Crippen LogP contribution is 2.49. The normalized spacial score (nSPS) is 14.1. The second-order valence-corrected chi connectivity index (χ2v) is 9.11. The molecule has 3 heteroatoms. The Kier molecular flexibility index (Phi) is 5.11. The molecular weight excluding hydrogens is 430 g/mol. The Morgan fingerprint density at radius 2 is 1.31 bits per heavy atom. The van der Waals surface area contributed by atoms with E-state index in [-0.39, 0.29) is 11.9 Å². The van der Waals surface area contributed by atoms with E-state index in [1.807, 2.05) is 36.4 Å². The fraction of sp³-hybridized carbons (Fsp3) is 0.0938. The zero-order valence-corrected chi connectivity index (χ0v) is 19.7. The summed E-state index contributed by atoms with van der Waals surface area (Å²) in [5.41, 5.74) is 9.94. The van der Waals surface area contributed by atoms with Crippen LogP contribution >= 0.6 is 0 Å². The van der Waals surface area contributed by atoms with Gasteiger partial charge in [0.2, 0.25) is 0 Å². The average molecular weight is 456 g/mol. The molecule has 1 aromatic heterocycles. The van der Waals surface area contributed by atoms with Gasteiger partial charge in [-0.3, -0.25) is 0 Å². The molecule has 0 bridgehead atoms. The molecule has 5 aromatic rings. The Labute approximate surface area is 205 Å². The number of phenols is 1. The first-order chi connectivity index (χ1) is 17.1. The van der Waals surface area contributed by atoms with E-state index < -0.39 is 0 Å². The summed E-state index contributed by atoms with van der Waals surface area (Å²) in [5, 5.41) is 10.7. The molecule has 170 valence electrons. The van der Waals surface area contributed by atoms with E-state index in [0.717, 1.165) is 45.0 Å². The number of benzene rings is 4. The van der Waals surface area contributed by atoms with Gasteiger partial charge in [-0.1, -0.05) is 83.9 Å². The van der Waals surface area contributed by atoms with Gasteiger partial charge in [-0.05, 0) is 60.9 Å². The number of pyridine rings is 1. The molecule has 3 nitrogen and oxygen atoms in total. The third kappa shape index (κ3) is 3.75. The number of para-hydroxylation sites is 2. The Morgan fingerprint density at radius 1 is 0.686 bits per heavy atom. The number of hydrogen-bond acceptors (Lipinski definition) is 3. The molecule has 0 saturated carbocycles. The van der Waals surface area contributed by atoms with E-state index >= 15 is 0 Å². The Hall–Kier alpha value is -4.37. The number of aryl methyl sites for hydroxylation is 2. The number of phenolic OH excluding ortho intramolecular Hbond substituents is 1. The molecule has 2 heterocycles. The minimum atomic E-state index is -0.303. The summed E-state index contributed by atoms with van der Waals surface area (Å²) in [5.74, 6) is 1.02. The molecule has 0 fully saturated rings. The number of nitrogens with zero attached hydrogens (tertiary/aromatic N) is 1. The second-order valence-electron chi connectivity index (χ2n) is 9.11. The fourth-order valence-corrected chi connectivity index (χ4v) is 4.75. The number of fused-ring (bicyclic) bond motifs is 3. The first-order valence-electron chi connectivity index (χ1n) is 11.8. The lowest BCUT2D eigenvalue weighted by Gasteiger charge is -2.31. The number of ether oxygens (including phenoxy) is 1. The number of hydrogen-bond donors (Lipinski definition) is 1. The molecule has 1 N–H and O–H groups in total. The SMILES string of the molecule is Cc1ccc(-c2cc(-c3ccccc3O)nc3c2C(c2ccc(C)cc2)Oc2ccccc2-3)cc1. The highest BCUT2D eigenvalue weighted by atomic mass is 16.5. The Bertz CT molecular complexity index is 1540. The Balaban J connectivity index is 1.69. The minimum Gasteiger partial charge on any atom is -0.507 e. The lowest BCUT2D eigenvalue weighted by Crippen LogP contribution is -2.18. The zero-order chi connectivity index (χ0) is 23.9. The van der Waals surface area contributed by atoms with Crippen LogP contribution in [0, 0.1) is 13.8 Å². The average Bonchev–Trinajstić information content (AvgIpc) is 2.89. The van der Waals surface area contributed by atoms with E-state index in [9.17, 15) is 5.11 Å². The first kappa shape index (κ1) is 21.2. The lowest BCUT2D eigenvalue weighted by atomic mass is 9.86. The van der Waals surface area contributed by atoms with E-state index in [4.69, 9.17) is 9.72 Å². The third-order valence-corrected chi connectivity index (χ3v) is 6.63. The van der Waals surface area contributed by atoms with Gasteiger partial charge in [0.25, 0.3) is 0 Å². The van der Waals surface area contributed by atoms with Crippen LogP contribution in [0.1, 0.15) is 28.4 Å². The standard InChI is InChI=1S/C32H25NO2/c1-20-11-15-22(16-12-20)26-19-27(24-7-3-5-9-28(24)34)33-31-25-8-4-6-10-29(25)35-32(30(26)31)23-17-13-21(2)14-18-23/h3-19,32,34H,1-2H3. The van der Waals surface area contributed by atoms with Gasteiger partial charge in [0.05, 0.1) is 11.4 Å². The van der Waals surface area contributed by atoms with Crippen LogP contribution in [0.3, 0.4) is 0 Å². The summed E-state index contributed by atoms with van der Waals surface area (Å²) in [6.07, 6.45) is -0.303. The third-order valence-electron chi connectivity index (χ3n) is 6.63. The summed E-state index contributed by atoms with van der Waals surface area (Å²) >= 11 is 0. The number of rotatable bonds is 3. The molecule has 4 aromatic carbocycles. The molecule has 35 heavy (non-hydrogen) atoms. The van der Waals surface area contributed by atoms with Crippen molar-refractivity contribution in [3.63, 3.8) is 0 Å². The molecule has 0 spiro atoms. The van der Waals surface area contributed by atoms with E-state index in [0.29, 0.717) is 5.56 Å². The maximum atomic E-state index is 10.7. The van der Waals surface area contributed by atoms with Crippen molar-refractivity contribution in [2.45, 2.75) is 20.0 Å². The van der Waals surface area contributed by atoms with Gasteiger partial charge in [0.15, 0.2) is 6.10 Å². The van der Waals surface area contributed by atoms with E-state index in [1.54, 1.807) is 6.07 Å². The van der Waals surface area contributed by atoms with Crippen molar-refractivity contribution in [1.29, 1.82) is 0 Å². The molecule has 1 aliphatic heterocycles.